The van der Waals surface area contributed by atoms with Crippen LogP contribution in [0.3, 0.4) is 0 Å². The zero-order valence-electron chi connectivity index (χ0n) is 6.04. The molecule has 2 N–H and O–H groups in total. The molecule has 0 bridgehead atoms. The van der Waals surface area contributed by atoms with Gasteiger partial charge in [-0.15, -0.1) is 12.8 Å². The van der Waals surface area contributed by atoms with Crippen molar-refractivity contribution in [1.82, 2.24) is 0 Å². The van der Waals surface area contributed by atoms with Gasteiger partial charge in [0.2, 0.25) is 0 Å². The van der Waals surface area contributed by atoms with Crippen LogP contribution in [-0.2, 0) is 0 Å². The average Bonchev–Trinajstić information content (AvgIpc) is 2.00. The summed E-state index contributed by atoms with van der Waals surface area (Å²) in [7, 11) is 0. The molecule has 0 aliphatic carbocycles. The minimum absolute atomic E-state index is 0.868. The van der Waals surface area contributed by atoms with E-state index in [2.05, 4.69) is 12.8 Å². The molecule has 0 unspecified atom stereocenters. The van der Waals surface area contributed by atoms with Crippen LogP contribution in [-0.4, -0.2) is 0 Å². The number of benzene rings is 1. The predicted octanol–water partition coefficient (Wildman–Crippen LogP) is 1.83. The Balaban J connectivity index is 0.000000371. The van der Waals surface area contributed by atoms with Crippen molar-refractivity contribution in [1.29, 1.82) is 0 Å². The maximum Gasteiger partial charge on any atom is 0.0343 e. The predicted molar refractivity (Wildman–Crippen MR) is 45.5 cm³/mol. The van der Waals surface area contributed by atoms with Crippen molar-refractivity contribution in [2.45, 2.75) is 6.92 Å². The molecule has 0 saturated heterocycles. The monoisotopic (exact) mass is 133 g/mol. The number of nitrogen functional groups attached to an aromatic ring is 1. The minimum Gasteiger partial charge on any atom is -0.399 e. The normalized spacial score (nSPS) is 7.50. The third kappa shape index (κ3) is 2.23. The second kappa shape index (κ2) is 4.46. The van der Waals surface area contributed by atoms with Gasteiger partial charge in [0.15, 0.2) is 0 Å². The van der Waals surface area contributed by atoms with Gasteiger partial charge in [0.25, 0.3) is 0 Å². The van der Waals surface area contributed by atoms with Crippen LogP contribution in [0.4, 0.5) is 5.69 Å². The third-order valence-electron chi connectivity index (χ3n) is 1.19. The smallest absolute Gasteiger partial charge is 0.0343 e. The first kappa shape index (κ1) is 8.58. The van der Waals surface area contributed by atoms with Gasteiger partial charge in [0.1, 0.15) is 0 Å². The lowest BCUT2D eigenvalue weighted by atomic mass is 10.2. The molecule has 1 aromatic carbocycles. The van der Waals surface area contributed by atoms with Crippen LogP contribution in [0.2, 0.25) is 0 Å². The van der Waals surface area contributed by atoms with Gasteiger partial charge < -0.3 is 5.73 Å². The van der Waals surface area contributed by atoms with Crippen molar-refractivity contribution in [3.8, 4) is 12.8 Å². The Morgan fingerprint density at radius 2 is 1.70 bits per heavy atom. The number of terminal acetylenes is 1. The summed E-state index contributed by atoms with van der Waals surface area (Å²) in [5.41, 5.74) is 7.53. The average molecular weight is 133 g/mol. The fourth-order valence-corrected chi connectivity index (χ4v) is 0.587. The largest absolute Gasteiger partial charge is 0.399 e. The molecule has 0 spiro atoms. The van der Waals surface area contributed by atoms with Crippen LogP contribution in [0.5, 0.6) is 0 Å². The van der Waals surface area contributed by atoms with Crippen molar-refractivity contribution in [3.05, 3.63) is 29.8 Å². The highest BCUT2D eigenvalue weighted by atomic mass is 14.5. The molecule has 0 saturated carbocycles. The molecule has 0 heterocycles. The maximum atomic E-state index is 5.52. The zero-order valence-corrected chi connectivity index (χ0v) is 6.04. The fourth-order valence-electron chi connectivity index (χ4n) is 0.587. The maximum absolute atomic E-state index is 5.52. The Kier molecular flexibility index (Phi) is 3.83. The molecule has 0 fully saturated rings. The molecule has 1 heteroatoms. The van der Waals surface area contributed by atoms with Gasteiger partial charge in [-0.3, -0.25) is 0 Å². The Morgan fingerprint density at radius 3 is 2.00 bits per heavy atom. The van der Waals surface area contributed by atoms with Crippen molar-refractivity contribution >= 4 is 5.69 Å². The summed E-state index contributed by atoms with van der Waals surface area (Å²) >= 11 is 0. The van der Waals surface area contributed by atoms with Crippen molar-refractivity contribution in [3.63, 3.8) is 0 Å². The number of hydrogen-bond donors (Lipinski definition) is 1. The lowest BCUT2D eigenvalue weighted by Crippen LogP contribution is -1.85. The molecular formula is C9H11N. The number of anilines is 1. The van der Waals surface area contributed by atoms with Gasteiger partial charge >= 0.3 is 0 Å². The van der Waals surface area contributed by atoms with Crippen LogP contribution in [0.15, 0.2) is 24.3 Å². The molecule has 0 radical (unpaired) electrons. The standard InChI is InChI=1S/C7H9N.C2H2/c1-6-4-2-3-5-7(6)8;1-2/h2-5H,8H2,1H3;1-2H. The highest BCUT2D eigenvalue weighted by Crippen LogP contribution is 2.06. The Hall–Kier alpha value is -1.42. The molecule has 1 aromatic rings. The first-order valence-electron chi connectivity index (χ1n) is 2.95. The summed E-state index contributed by atoms with van der Waals surface area (Å²) in [6, 6.07) is 7.80. The van der Waals surface area contributed by atoms with E-state index >= 15 is 0 Å². The topological polar surface area (TPSA) is 26.0 Å². The highest BCUT2D eigenvalue weighted by molar-refractivity contribution is 5.44. The van der Waals surface area contributed by atoms with E-state index in [0.717, 1.165) is 11.3 Å². The summed E-state index contributed by atoms with van der Waals surface area (Å²) < 4.78 is 0. The molecular weight excluding hydrogens is 122 g/mol. The van der Waals surface area contributed by atoms with E-state index in [0.29, 0.717) is 0 Å². The quantitative estimate of drug-likeness (QED) is 0.424. The van der Waals surface area contributed by atoms with Gasteiger partial charge in [0, 0.05) is 5.69 Å². The Labute approximate surface area is 61.9 Å². The lowest BCUT2D eigenvalue weighted by molar-refractivity contribution is 1.47. The molecule has 0 aromatic heterocycles. The molecule has 0 aliphatic heterocycles. The zero-order chi connectivity index (χ0) is 7.98. The SMILES string of the molecule is C#C.Cc1ccccc1N. The van der Waals surface area contributed by atoms with Crippen LogP contribution in [0.25, 0.3) is 0 Å². The Bertz CT molecular complexity index is 192. The first-order valence-corrected chi connectivity index (χ1v) is 2.95. The number of nitrogens with two attached hydrogens (primary N) is 1. The first-order chi connectivity index (χ1) is 4.80. The van der Waals surface area contributed by atoms with E-state index in [9.17, 15) is 0 Å². The molecule has 52 valence electrons. The van der Waals surface area contributed by atoms with Crippen LogP contribution < -0.4 is 5.73 Å². The van der Waals surface area contributed by atoms with Gasteiger partial charge in [0.05, 0.1) is 0 Å². The molecule has 1 rings (SSSR count). The molecule has 10 heavy (non-hydrogen) atoms. The summed E-state index contributed by atoms with van der Waals surface area (Å²) in [6.45, 7) is 2.00. The number of hydrogen-bond acceptors (Lipinski definition) is 1. The molecule has 1 nitrogen and oxygen atoms in total. The molecule has 0 atom stereocenters. The van der Waals surface area contributed by atoms with E-state index in [1.165, 1.54) is 0 Å². The second-order valence-electron chi connectivity index (χ2n) is 1.86. The molecule has 0 amide bonds. The van der Waals surface area contributed by atoms with Gasteiger partial charge in [-0.2, -0.15) is 0 Å². The highest BCUT2D eigenvalue weighted by Gasteiger charge is 1.84. The van der Waals surface area contributed by atoms with Crippen LogP contribution >= 0.6 is 0 Å². The summed E-state index contributed by atoms with van der Waals surface area (Å²) in [5.74, 6) is 0. The number of aryl methyl sites for hydroxylation is 1. The van der Waals surface area contributed by atoms with Crippen LogP contribution in [0, 0.1) is 19.8 Å². The third-order valence-corrected chi connectivity index (χ3v) is 1.19. The van der Waals surface area contributed by atoms with Crippen molar-refractivity contribution in [2.75, 3.05) is 5.73 Å². The van der Waals surface area contributed by atoms with Gasteiger partial charge in [-0.25, -0.2) is 0 Å². The number of rotatable bonds is 0. The lowest BCUT2D eigenvalue weighted by Gasteiger charge is -1.93. The molecule has 0 aliphatic rings. The summed E-state index contributed by atoms with van der Waals surface area (Å²) in [6.07, 6.45) is 8.00. The minimum atomic E-state index is 0.868. The Morgan fingerprint density at radius 1 is 1.20 bits per heavy atom. The second-order valence-corrected chi connectivity index (χ2v) is 1.86. The van der Waals surface area contributed by atoms with E-state index in [1.54, 1.807) is 0 Å². The van der Waals surface area contributed by atoms with Gasteiger partial charge in [-0.1, -0.05) is 18.2 Å². The van der Waals surface area contributed by atoms with Crippen molar-refractivity contribution < 1.29 is 0 Å². The van der Waals surface area contributed by atoms with Crippen LogP contribution in [0.1, 0.15) is 5.56 Å². The van der Waals surface area contributed by atoms with E-state index in [1.807, 2.05) is 31.2 Å². The van der Waals surface area contributed by atoms with E-state index < -0.39 is 0 Å². The summed E-state index contributed by atoms with van der Waals surface area (Å²) in [5, 5.41) is 0. The summed E-state index contributed by atoms with van der Waals surface area (Å²) in [4.78, 5) is 0. The van der Waals surface area contributed by atoms with E-state index in [4.69, 9.17) is 5.73 Å². The number of para-hydroxylation sites is 1. The van der Waals surface area contributed by atoms with E-state index in [-0.39, 0.29) is 0 Å². The fraction of sp³-hybridized carbons (Fsp3) is 0.111. The van der Waals surface area contributed by atoms with Crippen molar-refractivity contribution in [2.24, 2.45) is 0 Å². The van der Waals surface area contributed by atoms with Gasteiger partial charge in [-0.05, 0) is 18.6 Å².